The molecule has 1 aromatic heterocycles. The molecule has 0 bridgehead atoms. The van der Waals surface area contributed by atoms with E-state index in [9.17, 15) is 4.79 Å². The Kier molecular flexibility index (Phi) is 4.41. The lowest BCUT2D eigenvalue weighted by Gasteiger charge is -2.08. The summed E-state index contributed by atoms with van der Waals surface area (Å²) in [7, 11) is 0. The summed E-state index contributed by atoms with van der Waals surface area (Å²) in [6.45, 7) is 3.91. The molecule has 0 saturated carbocycles. The molecule has 116 valence electrons. The van der Waals surface area contributed by atoms with E-state index in [0.717, 1.165) is 33.9 Å². The molecule has 3 aromatic rings. The van der Waals surface area contributed by atoms with Crippen LogP contribution in [0.15, 0.2) is 42.5 Å². The molecule has 0 unspecified atom stereocenters. The van der Waals surface area contributed by atoms with Crippen molar-refractivity contribution in [1.82, 2.24) is 9.59 Å². The van der Waals surface area contributed by atoms with Gasteiger partial charge in [0.05, 0.1) is 0 Å². The zero-order valence-corrected chi connectivity index (χ0v) is 14.2. The smallest absolute Gasteiger partial charge is 0.269 e. The van der Waals surface area contributed by atoms with Crippen LogP contribution in [0.2, 0.25) is 5.02 Å². The van der Waals surface area contributed by atoms with Crippen molar-refractivity contribution in [3.63, 3.8) is 0 Å². The fraction of sp³-hybridized carbons (Fsp3) is 0.118. The molecule has 1 amide bonds. The number of carbonyl (C=O) groups is 1. The van der Waals surface area contributed by atoms with E-state index in [1.807, 2.05) is 44.2 Å². The van der Waals surface area contributed by atoms with Gasteiger partial charge in [-0.15, -0.1) is 5.10 Å². The number of carbonyl (C=O) groups excluding carboxylic acids is 1. The van der Waals surface area contributed by atoms with Gasteiger partial charge in [-0.2, -0.15) is 0 Å². The molecular weight excluding hydrogens is 330 g/mol. The van der Waals surface area contributed by atoms with Gasteiger partial charge >= 0.3 is 0 Å². The van der Waals surface area contributed by atoms with Gasteiger partial charge in [-0.25, -0.2) is 0 Å². The highest BCUT2D eigenvalue weighted by Crippen LogP contribution is 2.26. The second kappa shape index (κ2) is 6.48. The first kappa shape index (κ1) is 15.6. The number of nitrogens with zero attached hydrogens (tertiary/aromatic N) is 2. The van der Waals surface area contributed by atoms with Gasteiger partial charge in [0.25, 0.3) is 5.91 Å². The van der Waals surface area contributed by atoms with Gasteiger partial charge in [0, 0.05) is 16.3 Å². The molecule has 0 fully saturated rings. The van der Waals surface area contributed by atoms with Crippen molar-refractivity contribution >= 4 is 34.7 Å². The summed E-state index contributed by atoms with van der Waals surface area (Å²) in [6.07, 6.45) is 0. The van der Waals surface area contributed by atoms with Crippen molar-refractivity contribution in [2.75, 3.05) is 5.32 Å². The average Bonchev–Trinajstić information content (AvgIpc) is 3.00. The van der Waals surface area contributed by atoms with Crippen molar-refractivity contribution in [1.29, 1.82) is 0 Å². The summed E-state index contributed by atoms with van der Waals surface area (Å²) in [5.74, 6) is -0.221. The standard InChI is InChI=1S/C17H14ClN3OS/c1-10-3-5-12(6-4-10)15-16(23-21-20-15)17(22)19-14-8-7-13(18)9-11(14)2/h3-9H,1-2H3,(H,19,22). The van der Waals surface area contributed by atoms with Gasteiger partial charge in [-0.1, -0.05) is 45.9 Å². The third-order valence-electron chi connectivity index (χ3n) is 3.46. The normalized spacial score (nSPS) is 10.6. The van der Waals surface area contributed by atoms with Crippen molar-refractivity contribution < 1.29 is 4.79 Å². The maximum Gasteiger partial charge on any atom is 0.269 e. The molecule has 1 N–H and O–H groups in total. The second-order valence-corrected chi connectivity index (χ2v) is 6.42. The minimum absolute atomic E-state index is 0.221. The summed E-state index contributed by atoms with van der Waals surface area (Å²) < 4.78 is 3.93. The number of anilines is 1. The molecular formula is C17H14ClN3OS. The molecule has 0 aliphatic carbocycles. The highest BCUT2D eigenvalue weighted by Gasteiger charge is 2.18. The Hall–Kier alpha value is -2.24. The number of halogens is 1. The van der Waals surface area contributed by atoms with E-state index < -0.39 is 0 Å². The van der Waals surface area contributed by atoms with E-state index in [0.29, 0.717) is 15.6 Å². The van der Waals surface area contributed by atoms with Crippen LogP contribution in [0.1, 0.15) is 20.8 Å². The van der Waals surface area contributed by atoms with Crippen LogP contribution < -0.4 is 5.32 Å². The average molecular weight is 344 g/mol. The first-order valence-corrected chi connectivity index (χ1v) is 8.16. The van der Waals surface area contributed by atoms with Crippen LogP contribution in [0.5, 0.6) is 0 Å². The number of aromatic nitrogens is 2. The van der Waals surface area contributed by atoms with Crippen molar-refractivity contribution in [2.24, 2.45) is 0 Å². The van der Waals surface area contributed by atoms with Crippen LogP contribution in [0.4, 0.5) is 5.69 Å². The molecule has 0 saturated heterocycles. The van der Waals surface area contributed by atoms with Crippen LogP contribution in [0, 0.1) is 13.8 Å². The number of aryl methyl sites for hydroxylation is 2. The second-order valence-electron chi connectivity index (χ2n) is 5.23. The maximum atomic E-state index is 12.6. The van der Waals surface area contributed by atoms with Gasteiger partial charge < -0.3 is 5.32 Å². The molecule has 0 aliphatic heterocycles. The number of amides is 1. The molecule has 0 radical (unpaired) electrons. The number of nitrogens with one attached hydrogen (secondary N) is 1. The highest BCUT2D eigenvalue weighted by molar-refractivity contribution is 7.08. The van der Waals surface area contributed by atoms with E-state index >= 15 is 0 Å². The van der Waals surface area contributed by atoms with E-state index in [1.165, 1.54) is 0 Å². The number of rotatable bonds is 3. The van der Waals surface area contributed by atoms with E-state index in [1.54, 1.807) is 12.1 Å². The molecule has 0 spiro atoms. The third-order valence-corrected chi connectivity index (χ3v) is 4.42. The van der Waals surface area contributed by atoms with Crippen molar-refractivity contribution in [3.05, 3.63) is 63.5 Å². The SMILES string of the molecule is Cc1ccc(-c2nnsc2C(=O)Nc2ccc(Cl)cc2C)cc1. The Morgan fingerprint density at radius 1 is 1.13 bits per heavy atom. The Labute approximate surface area is 143 Å². The Morgan fingerprint density at radius 3 is 2.57 bits per heavy atom. The first-order chi connectivity index (χ1) is 11.0. The van der Waals surface area contributed by atoms with E-state index in [2.05, 4.69) is 14.9 Å². The molecule has 6 heteroatoms. The lowest BCUT2D eigenvalue weighted by atomic mass is 10.1. The van der Waals surface area contributed by atoms with Gasteiger partial charge in [0.1, 0.15) is 10.6 Å². The van der Waals surface area contributed by atoms with Crippen LogP contribution in [0.25, 0.3) is 11.3 Å². The molecule has 2 aromatic carbocycles. The largest absolute Gasteiger partial charge is 0.321 e. The number of hydrogen-bond acceptors (Lipinski definition) is 4. The minimum Gasteiger partial charge on any atom is -0.321 e. The number of benzene rings is 2. The highest BCUT2D eigenvalue weighted by atomic mass is 35.5. The fourth-order valence-corrected chi connectivity index (χ4v) is 3.00. The summed E-state index contributed by atoms with van der Waals surface area (Å²) in [5.41, 5.74) is 4.25. The summed E-state index contributed by atoms with van der Waals surface area (Å²) in [4.78, 5) is 13.0. The molecule has 3 rings (SSSR count). The maximum absolute atomic E-state index is 12.6. The first-order valence-electron chi connectivity index (χ1n) is 7.01. The molecule has 1 heterocycles. The lowest BCUT2D eigenvalue weighted by Crippen LogP contribution is -2.12. The third kappa shape index (κ3) is 3.41. The van der Waals surface area contributed by atoms with Gasteiger partial charge in [-0.05, 0) is 49.1 Å². The molecule has 23 heavy (non-hydrogen) atoms. The van der Waals surface area contributed by atoms with Crippen LogP contribution >= 0.6 is 23.1 Å². The topological polar surface area (TPSA) is 54.9 Å². The summed E-state index contributed by atoms with van der Waals surface area (Å²) in [5, 5.41) is 7.64. The Morgan fingerprint density at radius 2 is 1.87 bits per heavy atom. The lowest BCUT2D eigenvalue weighted by molar-refractivity contribution is 0.103. The van der Waals surface area contributed by atoms with Crippen LogP contribution in [0.3, 0.4) is 0 Å². The monoisotopic (exact) mass is 343 g/mol. The van der Waals surface area contributed by atoms with Gasteiger partial charge in [0.2, 0.25) is 0 Å². The summed E-state index contributed by atoms with van der Waals surface area (Å²) in [6, 6.07) is 13.2. The van der Waals surface area contributed by atoms with Crippen molar-refractivity contribution in [3.8, 4) is 11.3 Å². The summed E-state index contributed by atoms with van der Waals surface area (Å²) >= 11 is 7.03. The quantitative estimate of drug-likeness (QED) is 0.748. The van der Waals surface area contributed by atoms with Crippen LogP contribution in [-0.2, 0) is 0 Å². The van der Waals surface area contributed by atoms with Gasteiger partial charge in [0.15, 0.2) is 0 Å². The van der Waals surface area contributed by atoms with Crippen LogP contribution in [-0.4, -0.2) is 15.5 Å². The Balaban J connectivity index is 1.89. The fourth-order valence-electron chi connectivity index (χ4n) is 2.19. The van der Waals surface area contributed by atoms with Crippen molar-refractivity contribution in [2.45, 2.75) is 13.8 Å². The number of hydrogen-bond donors (Lipinski definition) is 1. The molecule has 0 aliphatic rings. The predicted molar refractivity (Wildman–Crippen MR) is 94.2 cm³/mol. The predicted octanol–water partition coefficient (Wildman–Crippen LogP) is 4.73. The van der Waals surface area contributed by atoms with E-state index in [-0.39, 0.29) is 5.91 Å². The van der Waals surface area contributed by atoms with Gasteiger partial charge in [-0.3, -0.25) is 4.79 Å². The zero-order chi connectivity index (χ0) is 16.4. The molecule has 0 atom stereocenters. The Bertz CT molecular complexity index is 859. The zero-order valence-electron chi connectivity index (χ0n) is 12.6. The molecule has 4 nitrogen and oxygen atoms in total. The minimum atomic E-state index is -0.221. The van der Waals surface area contributed by atoms with E-state index in [4.69, 9.17) is 11.6 Å².